The van der Waals surface area contributed by atoms with E-state index in [0.29, 0.717) is 17.7 Å². The van der Waals surface area contributed by atoms with Crippen LogP contribution in [0.2, 0.25) is 0 Å². The Morgan fingerprint density at radius 3 is 2.57 bits per heavy atom. The summed E-state index contributed by atoms with van der Waals surface area (Å²) >= 11 is 0. The fraction of sp³-hybridized carbons (Fsp3) is 0.640. The number of hydrogen-bond donors (Lipinski definition) is 0. The van der Waals surface area contributed by atoms with Gasteiger partial charge in [-0.15, -0.1) is 10.2 Å². The summed E-state index contributed by atoms with van der Waals surface area (Å²) in [5.74, 6) is 2.72. The second kappa shape index (κ2) is 6.18. The van der Waals surface area contributed by atoms with Gasteiger partial charge < -0.3 is 9.47 Å². The zero-order valence-corrected chi connectivity index (χ0v) is 18.4. The molecule has 1 aliphatic heterocycles. The van der Waals surface area contributed by atoms with Crippen molar-refractivity contribution in [2.75, 3.05) is 6.54 Å². The van der Waals surface area contributed by atoms with Crippen molar-refractivity contribution in [1.29, 1.82) is 0 Å². The zero-order valence-electron chi connectivity index (χ0n) is 18.4. The predicted octanol–water partition coefficient (Wildman–Crippen LogP) is 4.34. The quantitative estimate of drug-likeness (QED) is 0.748. The van der Waals surface area contributed by atoms with E-state index in [9.17, 15) is 4.79 Å². The van der Waals surface area contributed by atoms with Crippen LogP contribution in [0.5, 0.6) is 0 Å². The molecule has 0 saturated heterocycles. The van der Waals surface area contributed by atoms with Crippen molar-refractivity contribution in [1.82, 2.24) is 19.7 Å². The van der Waals surface area contributed by atoms with Crippen molar-refractivity contribution < 1.29 is 4.79 Å². The first-order valence-corrected chi connectivity index (χ1v) is 11.7. The number of nitrogens with zero attached hydrogens (tertiary/aromatic N) is 4. The summed E-state index contributed by atoms with van der Waals surface area (Å²) in [5, 5.41) is 8.40. The van der Waals surface area contributed by atoms with Crippen LogP contribution in [0.25, 0.3) is 0 Å². The smallest absolute Gasteiger partial charge is 0.229 e. The Bertz CT molecular complexity index is 1010. The monoisotopic (exact) mass is 404 g/mol. The Morgan fingerprint density at radius 2 is 1.83 bits per heavy atom. The van der Waals surface area contributed by atoms with Crippen LogP contribution >= 0.6 is 0 Å². The summed E-state index contributed by atoms with van der Waals surface area (Å²) in [6, 6.07) is 7.09. The van der Waals surface area contributed by atoms with Gasteiger partial charge in [-0.3, -0.25) is 4.79 Å². The van der Waals surface area contributed by atoms with Crippen molar-refractivity contribution in [3.63, 3.8) is 0 Å². The molecule has 2 aromatic rings. The van der Waals surface area contributed by atoms with Crippen molar-refractivity contribution in [3.8, 4) is 0 Å². The zero-order chi connectivity index (χ0) is 20.7. The van der Waals surface area contributed by atoms with Gasteiger partial charge in [0.25, 0.3) is 0 Å². The molecule has 4 bridgehead atoms. The second-order valence-corrected chi connectivity index (χ2v) is 10.9. The molecule has 158 valence electrons. The Kier molecular flexibility index (Phi) is 3.83. The highest BCUT2D eigenvalue weighted by Crippen LogP contribution is 2.66. The molecule has 4 aliphatic carbocycles. The average molecular weight is 405 g/mol. The van der Waals surface area contributed by atoms with Gasteiger partial charge in [0.15, 0.2) is 5.82 Å². The van der Waals surface area contributed by atoms with E-state index >= 15 is 0 Å². The molecule has 4 fully saturated rings. The lowest BCUT2D eigenvalue weighted by atomic mass is 9.42. The lowest BCUT2D eigenvalue weighted by molar-refractivity contribution is -0.163. The standard InChI is InChI=1S/C25H32N4O/c1-16-4-5-21(8-17(16)2)24-10-19-9-20(11-24)13-25(12-19,14-24)23(30)29-7-6-28-15-26-27-22(28)18(29)3/h4-5,8,15,18-20H,6-7,9-14H2,1-3H3. The van der Waals surface area contributed by atoms with Crippen molar-refractivity contribution in [2.24, 2.45) is 17.3 Å². The number of amides is 1. The van der Waals surface area contributed by atoms with Crippen molar-refractivity contribution in [3.05, 3.63) is 47.0 Å². The predicted molar refractivity (Wildman–Crippen MR) is 115 cm³/mol. The number of benzene rings is 1. The maximum atomic E-state index is 14.2. The lowest BCUT2D eigenvalue weighted by Gasteiger charge is -2.62. The van der Waals surface area contributed by atoms with Crippen LogP contribution in [0.3, 0.4) is 0 Å². The van der Waals surface area contributed by atoms with Crippen LogP contribution in [0.1, 0.15) is 74.0 Å². The molecule has 0 spiro atoms. The molecule has 5 aliphatic rings. The van der Waals surface area contributed by atoms with E-state index in [0.717, 1.165) is 38.2 Å². The van der Waals surface area contributed by atoms with Crippen molar-refractivity contribution in [2.45, 2.75) is 77.3 Å². The van der Waals surface area contributed by atoms with Crippen LogP contribution in [-0.4, -0.2) is 32.1 Å². The number of fused-ring (bicyclic) bond motifs is 1. The SMILES string of the molecule is Cc1ccc(C23CC4CC(CC(C(=O)N5CCn6cnnc6C5C)(C4)C2)C3)cc1C. The molecule has 5 heteroatoms. The van der Waals surface area contributed by atoms with E-state index in [2.05, 4.69) is 58.6 Å². The van der Waals surface area contributed by atoms with E-state index in [1.807, 2.05) is 0 Å². The molecule has 3 atom stereocenters. The first kappa shape index (κ1) is 18.6. The third-order valence-electron chi connectivity index (χ3n) is 8.96. The van der Waals surface area contributed by atoms with Crippen LogP contribution in [0.4, 0.5) is 0 Å². The maximum absolute atomic E-state index is 14.2. The molecule has 5 nitrogen and oxygen atoms in total. The molecule has 0 N–H and O–H groups in total. The number of aromatic nitrogens is 3. The molecular weight excluding hydrogens is 372 g/mol. The van der Waals surface area contributed by atoms with Gasteiger partial charge in [0.05, 0.1) is 11.5 Å². The highest BCUT2D eigenvalue weighted by atomic mass is 16.2. The van der Waals surface area contributed by atoms with Gasteiger partial charge in [0, 0.05) is 13.1 Å². The molecule has 1 aromatic carbocycles. The molecule has 1 amide bonds. The minimum atomic E-state index is -0.181. The van der Waals surface area contributed by atoms with E-state index in [4.69, 9.17) is 0 Å². The van der Waals surface area contributed by atoms with Gasteiger partial charge in [-0.1, -0.05) is 18.2 Å². The van der Waals surface area contributed by atoms with Crippen molar-refractivity contribution >= 4 is 5.91 Å². The van der Waals surface area contributed by atoms with Gasteiger partial charge in [-0.05, 0) is 93.2 Å². The van der Waals surface area contributed by atoms with Crippen LogP contribution < -0.4 is 0 Å². The van der Waals surface area contributed by atoms with Crippen LogP contribution in [-0.2, 0) is 16.8 Å². The summed E-state index contributed by atoms with van der Waals surface area (Å²) in [6.07, 6.45) is 8.87. The molecule has 7 rings (SSSR count). The summed E-state index contributed by atoms with van der Waals surface area (Å²) in [4.78, 5) is 16.3. The molecule has 2 heterocycles. The highest BCUT2D eigenvalue weighted by Gasteiger charge is 2.62. The number of rotatable bonds is 2. The lowest BCUT2D eigenvalue weighted by Crippen LogP contribution is -2.60. The number of hydrogen-bond acceptors (Lipinski definition) is 3. The first-order chi connectivity index (χ1) is 14.4. The Morgan fingerprint density at radius 1 is 1.07 bits per heavy atom. The van der Waals surface area contributed by atoms with E-state index in [-0.39, 0.29) is 16.9 Å². The Hall–Kier alpha value is -2.17. The maximum Gasteiger partial charge on any atom is 0.229 e. The molecule has 0 radical (unpaired) electrons. The normalized spacial score (nSPS) is 36.8. The van der Waals surface area contributed by atoms with Crippen LogP contribution in [0.15, 0.2) is 24.5 Å². The van der Waals surface area contributed by atoms with Gasteiger partial charge in [-0.2, -0.15) is 0 Å². The third-order valence-corrected chi connectivity index (χ3v) is 8.96. The summed E-state index contributed by atoms with van der Waals surface area (Å²) in [5.41, 5.74) is 4.24. The fourth-order valence-corrected chi connectivity index (χ4v) is 7.81. The second-order valence-electron chi connectivity index (χ2n) is 10.9. The summed E-state index contributed by atoms with van der Waals surface area (Å²) < 4.78 is 2.10. The average Bonchev–Trinajstić information content (AvgIpc) is 3.19. The third kappa shape index (κ3) is 2.50. The summed E-state index contributed by atoms with van der Waals surface area (Å²) in [6.45, 7) is 8.13. The van der Waals surface area contributed by atoms with Gasteiger partial charge in [-0.25, -0.2) is 0 Å². The molecule has 30 heavy (non-hydrogen) atoms. The van der Waals surface area contributed by atoms with E-state index in [1.54, 1.807) is 6.33 Å². The molecule has 4 saturated carbocycles. The molecule has 3 unspecified atom stereocenters. The number of carbonyl (C=O) groups excluding carboxylic acids is 1. The van der Waals surface area contributed by atoms with E-state index in [1.165, 1.54) is 36.0 Å². The fourth-order valence-electron chi connectivity index (χ4n) is 7.81. The number of carbonyl (C=O) groups is 1. The summed E-state index contributed by atoms with van der Waals surface area (Å²) in [7, 11) is 0. The van der Waals surface area contributed by atoms with Gasteiger partial charge in [0.1, 0.15) is 6.33 Å². The first-order valence-electron chi connectivity index (χ1n) is 11.7. The highest BCUT2D eigenvalue weighted by molar-refractivity contribution is 5.84. The minimum Gasteiger partial charge on any atom is -0.330 e. The molecule has 1 aromatic heterocycles. The topological polar surface area (TPSA) is 51.0 Å². The largest absolute Gasteiger partial charge is 0.330 e. The van der Waals surface area contributed by atoms with Crippen LogP contribution in [0, 0.1) is 31.1 Å². The van der Waals surface area contributed by atoms with E-state index < -0.39 is 0 Å². The van der Waals surface area contributed by atoms with Gasteiger partial charge in [0.2, 0.25) is 5.91 Å². The Labute approximate surface area is 178 Å². The van der Waals surface area contributed by atoms with Gasteiger partial charge >= 0.3 is 0 Å². The Balaban J connectivity index is 1.37. The minimum absolute atomic E-state index is 0.0133. The molecular formula is C25H32N4O. The number of aryl methyl sites for hydroxylation is 2.